The molecule has 0 unspecified atom stereocenters. The summed E-state index contributed by atoms with van der Waals surface area (Å²) in [6, 6.07) is 9.62. The maximum absolute atomic E-state index is 12.6. The third kappa shape index (κ3) is 4.19. The Bertz CT molecular complexity index is 864. The van der Waals surface area contributed by atoms with Crippen LogP contribution in [0.25, 0.3) is 11.0 Å². The minimum Gasteiger partial charge on any atom is -0.462 e. The Morgan fingerprint density at radius 1 is 1.19 bits per heavy atom. The number of carbonyl (C=O) groups excluding carboxylic acids is 1. The van der Waals surface area contributed by atoms with Gasteiger partial charge in [-0.2, -0.15) is 5.26 Å². The van der Waals surface area contributed by atoms with E-state index in [1.807, 2.05) is 24.3 Å². The number of para-hydroxylation sites is 2. The van der Waals surface area contributed by atoms with Crippen molar-refractivity contribution in [3.05, 3.63) is 30.0 Å². The number of rotatable bonds is 4. The highest BCUT2D eigenvalue weighted by molar-refractivity contribution is 5.85. The Balaban J connectivity index is 2.11. The second-order valence-electron chi connectivity index (χ2n) is 7.82. The smallest absolute Gasteiger partial charge is 0.329 e. The van der Waals surface area contributed by atoms with Crippen molar-refractivity contribution < 1.29 is 9.53 Å². The molecule has 0 N–H and O–H groups in total. The molecule has 0 amide bonds. The average molecular weight is 366 g/mol. The Hall–Kier alpha value is -2.68. The van der Waals surface area contributed by atoms with Crippen LogP contribution in [-0.4, -0.2) is 35.1 Å². The first-order chi connectivity index (χ1) is 12.9. The number of nitrogens with zero attached hydrogens (tertiary/aromatic N) is 4. The number of hydrogen-bond acceptors (Lipinski definition) is 6. The first kappa shape index (κ1) is 19.1. The van der Waals surface area contributed by atoms with E-state index in [1.54, 1.807) is 13.8 Å². The normalized spacial score (nSPS) is 21.1. The van der Waals surface area contributed by atoms with Crippen molar-refractivity contribution in [3.8, 4) is 6.07 Å². The van der Waals surface area contributed by atoms with Crippen molar-refractivity contribution in [2.24, 2.45) is 11.8 Å². The van der Waals surface area contributed by atoms with E-state index in [1.165, 1.54) is 0 Å². The SMILES string of the molecule is CC(C)OC(=O)[C@H](C#N)c1nc2ccccc2nc1N1C[C@@H](C)C[C@H](C)C1. The summed E-state index contributed by atoms with van der Waals surface area (Å²) in [6.45, 7) is 9.64. The Morgan fingerprint density at radius 3 is 2.33 bits per heavy atom. The topological polar surface area (TPSA) is 79.1 Å². The molecule has 0 spiro atoms. The molecule has 27 heavy (non-hydrogen) atoms. The second-order valence-corrected chi connectivity index (χ2v) is 7.82. The highest BCUT2D eigenvalue weighted by atomic mass is 16.5. The van der Waals surface area contributed by atoms with Crippen LogP contribution in [0, 0.1) is 23.2 Å². The van der Waals surface area contributed by atoms with Crippen molar-refractivity contribution in [1.82, 2.24) is 9.97 Å². The van der Waals surface area contributed by atoms with E-state index in [0.717, 1.165) is 25.0 Å². The number of piperidine rings is 1. The third-order valence-corrected chi connectivity index (χ3v) is 4.74. The summed E-state index contributed by atoms with van der Waals surface area (Å²) in [5, 5.41) is 9.72. The number of benzene rings is 1. The van der Waals surface area contributed by atoms with Crippen molar-refractivity contribution in [3.63, 3.8) is 0 Å². The van der Waals surface area contributed by atoms with Crippen LogP contribution < -0.4 is 4.90 Å². The summed E-state index contributed by atoms with van der Waals surface area (Å²) in [7, 11) is 0. The molecule has 0 saturated carbocycles. The average Bonchev–Trinajstić information content (AvgIpc) is 2.60. The van der Waals surface area contributed by atoms with Gasteiger partial charge in [0.05, 0.1) is 23.2 Å². The van der Waals surface area contributed by atoms with E-state index in [4.69, 9.17) is 9.72 Å². The van der Waals surface area contributed by atoms with E-state index in [9.17, 15) is 10.1 Å². The zero-order valence-electron chi connectivity index (χ0n) is 16.3. The predicted octanol–water partition coefficient (Wildman–Crippen LogP) is 3.67. The van der Waals surface area contributed by atoms with Gasteiger partial charge in [0, 0.05) is 13.1 Å². The summed E-state index contributed by atoms with van der Waals surface area (Å²) in [5.41, 5.74) is 1.83. The third-order valence-electron chi connectivity index (χ3n) is 4.74. The lowest BCUT2D eigenvalue weighted by Gasteiger charge is -2.36. The van der Waals surface area contributed by atoms with Crippen LogP contribution in [0.15, 0.2) is 24.3 Å². The summed E-state index contributed by atoms with van der Waals surface area (Å²) in [6.07, 6.45) is 0.865. The number of aromatic nitrogens is 2. The molecule has 0 aliphatic carbocycles. The molecule has 3 rings (SSSR count). The molecule has 1 aromatic carbocycles. The van der Waals surface area contributed by atoms with Gasteiger partial charge in [-0.1, -0.05) is 26.0 Å². The predicted molar refractivity (Wildman–Crippen MR) is 104 cm³/mol. The Morgan fingerprint density at radius 2 is 1.78 bits per heavy atom. The molecule has 2 heterocycles. The van der Waals surface area contributed by atoms with E-state index in [0.29, 0.717) is 28.9 Å². The van der Waals surface area contributed by atoms with Gasteiger partial charge in [0.1, 0.15) is 5.69 Å². The Labute approximate surface area is 160 Å². The lowest BCUT2D eigenvalue weighted by Crippen LogP contribution is -2.40. The number of fused-ring (bicyclic) bond motifs is 1. The lowest BCUT2D eigenvalue weighted by atomic mass is 9.91. The molecule has 0 bridgehead atoms. The summed E-state index contributed by atoms with van der Waals surface area (Å²) >= 11 is 0. The zero-order chi connectivity index (χ0) is 19.6. The standard InChI is InChI=1S/C21H26N4O2/c1-13(2)27-21(26)16(10-22)19-20(25-11-14(3)9-15(4)12-25)24-18-8-6-5-7-17(18)23-19/h5-8,13-16H,9,11-12H2,1-4H3/t14-,15-,16+/m0/s1. The molecular formula is C21H26N4O2. The van der Waals surface area contributed by atoms with Gasteiger partial charge in [-0.05, 0) is 44.2 Å². The molecule has 6 heteroatoms. The molecule has 142 valence electrons. The van der Waals surface area contributed by atoms with E-state index >= 15 is 0 Å². The minimum absolute atomic E-state index is 0.291. The fourth-order valence-corrected chi connectivity index (χ4v) is 3.79. The molecule has 1 aromatic heterocycles. The lowest BCUT2D eigenvalue weighted by molar-refractivity contribution is -0.147. The van der Waals surface area contributed by atoms with Gasteiger partial charge in [-0.3, -0.25) is 4.79 Å². The van der Waals surface area contributed by atoms with Crippen molar-refractivity contribution in [2.75, 3.05) is 18.0 Å². The first-order valence-corrected chi connectivity index (χ1v) is 9.50. The van der Waals surface area contributed by atoms with E-state index in [2.05, 4.69) is 29.8 Å². The number of hydrogen-bond donors (Lipinski definition) is 0. The number of ether oxygens (including phenoxy) is 1. The molecular weight excluding hydrogens is 340 g/mol. The molecule has 0 radical (unpaired) electrons. The fourth-order valence-electron chi connectivity index (χ4n) is 3.79. The van der Waals surface area contributed by atoms with Crippen LogP contribution in [0.2, 0.25) is 0 Å². The summed E-state index contributed by atoms with van der Waals surface area (Å²) < 4.78 is 5.31. The molecule has 3 atom stereocenters. The summed E-state index contributed by atoms with van der Waals surface area (Å²) in [5.74, 6) is -0.0149. The van der Waals surface area contributed by atoms with Gasteiger partial charge in [0.2, 0.25) is 0 Å². The quantitative estimate of drug-likeness (QED) is 0.768. The Kier molecular flexibility index (Phi) is 5.59. The maximum Gasteiger partial charge on any atom is 0.329 e. The van der Waals surface area contributed by atoms with Crippen molar-refractivity contribution in [1.29, 1.82) is 5.26 Å². The number of anilines is 1. The van der Waals surface area contributed by atoms with Crippen molar-refractivity contribution >= 4 is 22.8 Å². The summed E-state index contributed by atoms with van der Waals surface area (Å²) in [4.78, 5) is 24.2. The van der Waals surface area contributed by atoms with E-state index < -0.39 is 11.9 Å². The zero-order valence-corrected chi connectivity index (χ0v) is 16.3. The highest BCUT2D eigenvalue weighted by Crippen LogP contribution is 2.32. The molecule has 1 fully saturated rings. The van der Waals surface area contributed by atoms with Crippen LogP contribution >= 0.6 is 0 Å². The molecule has 2 aromatic rings. The van der Waals surface area contributed by atoms with Gasteiger partial charge in [0.15, 0.2) is 11.7 Å². The van der Waals surface area contributed by atoms with Crippen LogP contribution in [-0.2, 0) is 9.53 Å². The maximum atomic E-state index is 12.6. The van der Waals surface area contributed by atoms with Gasteiger partial charge >= 0.3 is 5.97 Å². The van der Waals surface area contributed by atoms with Crippen molar-refractivity contribution in [2.45, 2.75) is 46.1 Å². The largest absolute Gasteiger partial charge is 0.462 e. The van der Waals surface area contributed by atoms with Crippen LogP contribution in [0.1, 0.15) is 45.7 Å². The first-order valence-electron chi connectivity index (χ1n) is 9.50. The van der Waals surface area contributed by atoms with Gasteiger partial charge < -0.3 is 9.64 Å². The molecule has 1 aliphatic heterocycles. The molecule has 1 aliphatic rings. The second kappa shape index (κ2) is 7.91. The van der Waals surface area contributed by atoms with Gasteiger partial charge in [0.25, 0.3) is 0 Å². The van der Waals surface area contributed by atoms with E-state index in [-0.39, 0.29) is 6.10 Å². The van der Waals surface area contributed by atoms with Gasteiger partial charge in [-0.15, -0.1) is 0 Å². The molecule has 6 nitrogen and oxygen atoms in total. The minimum atomic E-state index is -1.09. The van der Waals surface area contributed by atoms with Crippen LogP contribution in [0.5, 0.6) is 0 Å². The van der Waals surface area contributed by atoms with Gasteiger partial charge in [-0.25, -0.2) is 9.97 Å². The molecule has 1 saturated heterocycles. The number of nitriles is 1. The van der Waals surface area contributed by atoms with Crippen LogP contribution in [0.4, 0.5) is 5.82 Å². The number of esters is 1. The highest BCUT2D eigenvalue weighted by Gasteiger charge is 2.32. The monoisotopic (exact) mass is 366 g/mol. The fraction of sp³-hybridized carbons (Fsp3) is 0.524. The van der Waals surface area contributed by atoms with Crippen LogP contribution in [0.3, 0.4) is 0 Å². The number of carbonyl (C=O) groups is 1.